The number of hydrogen-bond acceptors (Lipinski definition) is 6. The van der Waals surface area contributed by atoms with E-state index in [1.54, 1.807) is 0 Å². The lowest BCUT2D eigenvalue weighted by Gasteiger charge is -2.08. The predicted molar refractivity (Wildman–Crippen MR) is 91.9 cm³/mol. The lowest BCUT2D eigenvalue weighted by molar-refractivity contribution is 0.0438. The molecular weight excluding hydrogens is 367 g/mol. The fourth-order valence-corrected chi connectivity index (χ4v) is 2.73. The summed E-state index contributed by atoms with van der Waals surface area (Å²) in [6.07, 6.45) is 0. The van der Waals surface area contributed by atoms with Gasteiger partial charge in [0.15, 0.2) is 12.4 Å². The van der Waals surface area contributed by atoms with Gasteiger partial charge in [-0.3, -0.25) is 0 Å². The molecule has 0 radical (unpaired) electrons. The van der Waals surface area contributed by atoms with Crippen LogP contribution in [0.4, 0.5) is 0 Å². The third kappa shape index (κ3) is 3.92. The Kier molecular flexibility index (Phi) is 5.21. The molecule has 0 aliphatic heterocycles. The fourth-order valence-electron chi connectivity index (χ4n) is 2.09. The number of halogens is 2. The van der Waals surface area contributed by atoms with Crippen molar-refractivity contribution >= 4 is 29.2 Å². The molecule has 128 valence electrons. The monoisotopic (exact) mass is 378 g/mol. The van der Waals surface area contributed by atoms with E-state index >= 15 is 0 Å². The summed E-state index contributed by atoms with van der Waals surface area (Å²) in [5, 5.41) is 8.20. The molecule has 0 N–H and O–H groups in total. The Labute approximate surface area is 153 Å². The molecular formula is C17H12Cl2N2O4. The van der Waals surface area contributed by atoms with Gasteiger partial charge >= 0.3 is 5.97 Å². The zero-order chi connectivity index (χ0) is 17.8. The minimum atomic E-state index is -0.620. The van der Waals surface area contributed by atoms with Crippen molar-refractivity contribution < 1.29 is 18.7 Å². The van der Waals surface area contributed by atoms with Crippen molar-refractivity contribution in [3.63, 3.8) is 0 Å². The van der Waals surface area contributed by atoms with E-state index in [9.17, 15) is 4.79 Å². The minimum Gasteiger partial charge on any atom is -0.494 e. The van der Waals surface area contributed by atoms with Gasteiger partial charge in [0.25, 0.3) is 5.89 Å². The van der Waals surface area contributed by atoms with Crippen LogP contribution >= 0.6 is 23.2 Å². The number of methoxy groups -OCH3 is 1. The van der Waals surface area contributed by atoms with Crippen LogP contribution in [0.25, 0.3) is 11.5 Å². The van der Waals surface area contributed by atoms with Crippen LogP contribution in [0.1, 0.15) is 16.2 Å². The first-order valence-electron chi connectivity index (χ1n) is 7.16. The lowest BCUT2D eigenvalue weighted by Crippen LogP contribution is -2.06. The van der Waals surface area contributed by atoms with Crippen LogP contribution in [0, 0.1) is 0 Å². The van der Waals surface area contributed by atoms with E-state index < -0.39 is 5.97 Å². The van der Waals surface area contributed by atoms with Gasteiger partial charge in [0, 0.05) is 5.56 Å². The molecule has 1 aromatic heterocycles. The zero-order valence-corrected chi connectivity index (χ0v) is 14.5. The van der Waals surface area contributed by atoms with Crippen molar-refractivity contribution in [2.75, 3.05) is 7.11 Å². The van der Waals surface area contributed by atoms with Gasteiger partial charge in [-0.25, -0.2) is 4.79 Å². The molecule has 0 spiro atoms. The first-order valence-corrected chi connectivity index (χ1v) is 7.92. The lowest BCUT2D eigenvalue weighted by atomic mass is 10.2. The van der Waals surface area contributed by atoms with Crippen molar-refractivity contribution in [2.24, 2.45) is 0 Å². The number of carbonyl (C=O) groups excluding carboxylic acids is 1. The number of carbonyl (C=O) groups is 1. The maximum Gasteiger partial charge on any atom is 0.338 e. The Balaban J connectivity index is 1.68. The molecule has 1 heterocycles. The van der Waals surface area contributed by atoms with E-state index in [2.05, 4.69) is 10.2 Å². The molecule has 0 aliphatic rings. The molecule has 0 amide bonds. The quantitative estimate of drug-likeness (QED) is 0.612. The molecule has 0 unspecified atom stereocenters. The van der Waals surface area contributed by atoms with Crippen LogP contribution in [0.15, 0.2) is 46.9 Å². The molecule has 3 aromatic rings. The number of nitrogens with zero attached hydrogens (tertiary/aromatic N) is 2. The zero-order valence-electron chi connectivity index (χ0n) is 13.0. The summed E-state index contributed by atoms with van der Waals surface area (Å²) in [7, 11) is 1.44. The second kappa shape index (κ2) is 7.55. The number of rotatable bonds is 5. The van der Waals surface area contributed by atoms with Crippen LogP contribution < -0.4 is 4.74 Å². The van der Waals surface area contributed by atoms with Gasteiger partial charge in [-0.15, -0.1) is 10.2 Å². The number of hydrogen-bond donors (Lipinski definition) is 0. The normalized spacial score (nSPS) is 10.5. The Bertz CT molecular complexity index is 874. The fraction of sp³-hybridized carbons (Fsp3) is 0.118. The third-order valence-electron chi connectivity index (χ3n) is 3.25. The molecule has 2 aromatic carbocycles. The Hall–Kier alpha value is -2.57. The summed E-state index contributed by atoms with van der Waals surface area (Å²) in [5.41, 5.74) is 0.972. The van der Waals surface area contributed by atoms with E-state index in [1.165, 1.54) is 19.2 Å². The summed E-state index contributed by atoms with van der Waals surface area (Å²) in [6, 6.07) is 12.1. The molecule has 6 nitrogen and oxygen atoms in total. The molecule has 0 saturated heterocycles. The highest BCUT2D eigenvalue weighted by Crippen LogP contribution is 2.34. The van der Waals surface area contributed by atoms with Crippen molar-refractivity contribution in [1.82, 2.24) is 10.2 Å². The number of esters is 1. The Morgan fingerprint density at radius 2 is 1.80 bits per heavy atom. The van der Waals surface area contributed by atoms with E-state index in [4.69, 9.17) is 37.1 Å². The molecule has 0 atom stereocenters. The molecule has 0 saturated carbocycles. The first kappa shape index (κ1) is 17.3. The summed E-state index contributed by atoms with van der Waals surface area (Å²) in [5.74, 6) is 0.204. The molecule has 25 heavy (non-hydrogen) atoms. The summed E-state index contributed by atoms with van der Waals surface area (Å²) >= 11 is 12.0. The molecule has 3 rings (SSSR count). The highest BCUT2D eigenvalue weighted by Gasteiger charge is 2.16. The van der Waals surface area contributed by atoms with Gasteiger partial charge in [0.1, 0.15) is 0 Å². The minimum absolute atomic E-state index is 0.167. The number of benzene rings is 2. The standard InChI is InChI=1S/C17H12Cl2N2O4/c1-23-15-12(18)7-11(8-13(15)19)17(22)24-9-14-20-21-16(25-14)10-5-3-2-4-6-10/h2-8H,9H2,1H3. The van der Waals surface area contributed by atoms with Crippen molar-refractivity contribution in [2.45, 2.75) is 6.61 Å². The Morgan fingerprint density at radius 1 is 1.12 bits per heavy atom. The average Bonchev–Trinajstić information content (AvgIpc) is 3.09. The van der Waals surface area contributed by atoms with E-state index in [0.29, 0.717) is 11.6 Å². The van der Waals surface area contributed by atoms with Gasteiger partial charge in [0.05, 0.1) is 22.7 Å². The van der Waals surface area contributed by atoms with Crippen LogP contribution in [0.3, 0.4) is 0 Å². The first-order chi connectivity index (χ1) is 12.1. The Morgan fingerprint density at radius 3 is 2.44 bits per heavy atom. The summed E-state index contributed by atoms with van der Waals surface area (Å²) in [4.78, 5) is 12.1. The van der Waals surface area contributed by atoms with Crippen LogP contribution in [0.2, 0.25) is 10.0 Å². The molecule has 8 heteroatoms. The van der Waals surface area contributed by atoms with Gasteiger partial charge in [-0.05, 0) is 24.3 Å². The highest BCUT2D eigenvalue weighted by molar-refractivity contribution is 6.37. The van der Waals surface area contributed by atoms with E-state index in [0.717, 1.165) is 5.56 Å². The molecule has 0 aliphatic carbocycles. The van der Waals surface area contributed by atoms with E-state index in [-0.39, 0.29) is 28.1 Å². The maximum absolute atomic E-state index is 12.1. The van der Waals surface area contributed by atoms with Gasteiger partial charge < -0.3 is 13.9 Å². The molecule has 0 fully saturated rings. The van der Waals surface area contributed by atoms with Crippen molar-refractivity contribution in [3.05, 3.63) is 64.0 Å². The number of aromatic nitrogens is 2. The van der Waals surface area contributed by atoms with Crippen molar-refractivity contribution in [1.29, 1.82) is 0 Å². The average molecular weight is 379 g/mol. The van der Waals surface area contributed by atoms with Crippen LogP contribution in [-0.4, -0.2) is 23.3 Å². The van der Waals surface area contributed by atoms with Gasteiger partial charge in [0.2, 0.25) is 5.89 Å². The van der Waals surface area contributed by atoms with Crippen LogP contribution in [0.5, 0.6) is 5.75 Å². The molecule has 0 bridgehead atoms. The largest absolute Gasteiger partial charge is 0.494 e. The SMILES string of the molecule is COc1c(Cl)cc(C(=O)OCc2nnc(-c3ccccc3)o2)cc1Cl. The summed E-state index contributed by atoms with van der Waals surface area (Å²) in [6.45, 7) is -0.167. The predicted octanol–water partition coefficient (Wildman–Crippen LogP) is 4.41. The second-order valence-corrected chi connectivity index (χ2v) is 5.73. The van der Waals surface area contributed by atoms with E-state index in [1.807, 2.05) is 30.3 Å². The topological polar surface area (TPSA) is 74.5 Å². The highest BCUT2D eigenvalue weighted by atomic mass is 35.5. The summed E-state index contributed by atoms with van der Waals surface area (Å²) < 4.78 is 15.7. The smallest absolute Gasteiger partial charge is 0.338 e. The van der Waals surface area contributed by atoms with Gasteiger partial charge in [-0.2, -0.15) is 0 Å². The second-order valence-electron chi connectivity index (χ2n) is 4.92. The van der Waals surface area contributed by atoms with Crippen LogP contribution in [-0.2, 0) is 11.3 Å². The van der Waals surface area contributed by atoms with Crippen molar-refractivity contribution in [3.8, 4) is 17.2 Å². The maximum atomic E-state index is 12.1. The number of ether oxygens (including phenoxy) is 2. The van der Waals surface area contributed by atoms with Gasteiger partial charge in [-0.1, -0.05) is 41.4 Å². The third-order valence-corrected chi connectivity index (χ3v) is 3.81.